The van der Waals surface area contributed by atoms with Crippen molar-refractivity contribution in [2.45, 2.75) is 32.8 Å². The quantitative estimate of drug-likeness (QED) is 0.484. The van der Waals surface area contributed by atoms with Gasteiger partial charge in [0.1, 0.15) is 25.0 Å². The molecule has 146 valence electrons. The molecule has 1 unspecified atom stereocenters. The highest BCUT2D eigenvalue weighted by Gasteiger charge is 2.22. The first-order chi connectivity index (χ1) is 13.0. The minimum absolute atomic E-state index is 0.129. The van der Waals surface area contributed by atoms with E-state index in [1.807, 2.05) is 30.3 Å². The fraction of sp³-hybridized carbons (Fsp3) is 0.435. The van der Waals surface area contributed by atoms with Crippen molar-refractivity contribution in [1.82, 2.24) is 0 Å². The van der Waals surface area contributed by atoms with E-state index in [0.29, 0.717) is 24.3 Å². The molecule has 1 N–H and O–H groups in total. The molecule has 0 aliphatic heterocycles. The van der Waals surface area contributed by atoms with Crippen molar-refractivity contribution in [3.05, 3.63) is 65.7 Å². The van der Waals surface area contributed by atoms with E-state index in [-0.39, 0.29) is 12.4 Å². The van der Waals surface area contributed by atoms with Crippen molar-refractivity contribution in [2.24, 2.45) is 0 Å². The lowest BCUT2D eigenvalue weighted by atomic mass is 10.0. The molecule has 27 heavy (non-hydrogen) atoms. The number of rotatable bonds is 11. The van der Waals surface area contributed by atoms with Crippen LogP contribution in [-0.4, -0.2) is 54.8 Å². The second kappa shape index (κ2) is 10.2. The van der Waals surface area contributed by atoms with Crippen LogP contribution in [0.15, 0.2) is 54.6 Å². The van der Waals surface area contributed by atoms with Gasteiger partial charge < -0.3 is 14.3 Å². The Morgan fingerprint density at radius 1 is 1.04 bits per heavy atom. The van der Waals surface area contributed by atoms with Gasteiger partial charge in [-0.15, -0.1) is 0 Å². The zero-order valence-electron chi connectivity index (χ0n) is 16.7. The van der Waals surface area contributed by atoms with Crippen LogP contribution in [0.25, 0.3) is 0 Å². The Labute approximate surface area is 163 Å². The number of benzene rings is 2. The summed E-state index contributed by atoms with van der Waals surface area (Å²) >= 11 is 0. The van der Waals surface area contributed by atoms with Crippen LogP contribution in [0.2, 0.25) is 0 Å². The Morgan fingerprint density at radius 2 is 1.67 bits per heavy atom. The normalized spacial score (nSPS) is 12.6. The van der Waals surface area contributed by atoms with Crippen LogP contribution in [0.1, 0.15) is 36.2 Å². The molecule has 0 saturated heterocycles. The van der Waals surface area contributed by atoms with E-state index in [1.165, 1.54) is 5.56 Å². The molecule has 0 aliphatic carbocycles. The average molecular weight is 371 g/mol. The van der Waals surface area contributed by atoms with Crippen LogP contribution in [0.3, 0.4) is 0 Å². The maximum absolute atomic E-state index is 12.3. The topological polar surface area (TPSA) is 46.5 Å². The predicted molar refractivity (Wildman–Crippen MR) is 109 cm³/mol. The van der Waals surface area contributed by atoms with E-state index < -0.39 is 6.10 Å². The lowest BCUT2D eigenvalue weighted by Gasteiger charge is -2.33. The summed E-state index contributed by atoms with van der Waals surface area (Å²) in [7, 11) is 2.14. The summed E-state index contributed by atoms with van der Waals surface area (Å²) in [5.74, 6) is 0.806. The number of carbonyl (C=O) groups is 1. The lowest BCUT2D eigenvalue weighted by molar-refractivity contribution is -0.909. The summed E-state index contributed by atoms with van der Waals surface area (Å²) in [6.45, 7) is 7.15. The summed E-state index contributed by atoms with van der Waals surface area (Å²) in [6, 6.07) is 17.2. The van der Waals surface area contributed by atoms with Gasteiger partial charge in [0, 0.05) is 12.0 Å². The first-order valence-electron chi connectivity index (χ1n) is 9.77. The van der Waals surface area contributed by atoms with Crippen LogP contribution in [-0.2, 0) is 6.42 Å². The van der Waals surface area contributed by atoms with Crippen molar-refractivity contribution in [3.8, 4) is 5.75 Å². The van der Waals surface area contributed by atoms with Crippen molar-refractivity contribution >= 4 is 5.78 Å². The third-order valence-corrected chi connectivity index (χ3v) is 5.28. The number of quaternary nitrogens is 1. The largest absolute Gasteiger partial charge is 0.491 e. The Morgan fingerprint density at radius 3 is 2.26 bits per heavy atom. The molecule has 2 rings (SSSR count). The van der Waals surface area contributed by atoms with Crippen LogP contribution < -0.4 is 4.74 Å². The van der Waals surface area contributed by atoms with Gasteiger partial charge in [-0.3, -0.25) is 4.79 Å². The van der Waals surface area contributed by atoms with E-state index in [1.54, 1.807) is 24.3 Å². The zero-order valence-corrected chi connectivity index (χ0v) is 16.7. The maximum atomic E-state index is 12.3. The number of aliphatic hydroxyl groups is 1. The molecule has 0 fully saturated rings. The number of nitrogens with zero attached hydrogens (tertiary/aromatic N) is 1. The Bertz CT molecular complexity index is 693. The Balaban J connectivity index is 1.81. The van der Waals surface area contributed by atoms with Crippen LogP contribution in [0.4, 0.5) is 0 Å². The number of hydrogen-bond donors (Lipinski definition) is 1. The molecule has 1 atom stereocenters. The SMILES string of the molecule is CC[N+](C)(CC)CC(O)COc1ccc(C(=O)CCc2ccccc2)cc1. The highest BCUT2D eigenvalue weighted by atomic mass is 16.5. The lowest BCUT2D eigenvalue weighted by Crippen LogP contribution is -2.49. The van der Waals surface area contributed by atoms with Crippen molar-refractivity contribution in [3.63, 3.8) is 0 Å². The van der Waals surface area contributed by atoms with E-state index in [9.17, 15) is 9.90 Å². The molecule has 4 nitrogen and oxygen atoms in total. The van der Waals surface area contributed by atoms with Crippen molar-refractivity contribution in [1.29, 1.82) is 0 Å². The second-order valence-corrected chi connectivity index (χ2v) is 7.33. The molecule has 0 amide bonds. The van der Waals surface area contributed by atoms with Crippen LogP contribution in [0.5, 0.6) is 5.75 Å². The molecule has 2 aromatic rings. The van der Waals surface area contributed by atoms with Gasteiger partial charge in [-0.2, -0.15) is 0 Å². The molecule has 2 aromatic carbocycles. The van der Waals surface area contributed by atoms with Crippen molar-refractivity contribution in [2.75, 3.05) is 33.3 Å². The van der Waals surface area contributed by atoms with Gasteiger partial charge in [0.05, 0.1) is 20.1 Å². The third kappa shape index (κ3) is 6.81. The highest BCUT2D eigenvalue weighted by molar-refractivity contribution is 5.96. The van der Waals surface area contributed by atoms with E-state index in [4.69, 9.17) is 4.74 Å². The summed E-state index contributed by atoms with van der Waals surface area (Å²) in [6.07, 6.45) is 0.728. The molecular weight excluding hydrogens is 338 g/mol. The Hall–Kier alpha value is -2.17. The van der Waals surface area contributed by atoms with Crippen LogP contribution in [0, 0.1) is 0 Å². The highest BCUT2D eigenvalue weighted by Crippen LogP contribution is 2.15. The number of ether oxygens (including phenoxy) is 1. The summed E-state index contributed by atoms with van der Waals surface area (Å²) in [4.78, 5) is 12.3. The van der Waals surface area contributed by atoms with Gasteiger partial charge in [0.25, 0.3) is 0 Å². The average Bonchev–Trinajstić information content (AvgIpc) is 2.71. The second-order valence-electron chi connectivity index (χ2n) is 7.33. The summed E-state index contributed by atoms with van der Waals surface area (Å²) in [5.41, 5.74) is 1.87. The molecule has 0 saturated carbocycles. The summed E-state index contributed by atoms with van der Waals surface area (Å²) < 4.78 is 6.51. The zero-order chi connectivity index (χ0) is 19.7. The third-order valence-electron chi connectivity index (χ3n) is 5.28. The number of hydrogen-bond acceptors (Lipinski definition) is 3. The van der Waals surface area contributed by atoms with Gasteiger partial charge in [-0.05, 0) is 50.1 Å². The molecule has 0 aromatic heterocycles. The number of aliphatic hydroxyl groups excluding tert-OH is 1. The van der Waals surface area contributed by atoms with Gasteiger partial charge in [-0.25, -0.2) is 0 Å². The first-order valence-corrected chi connectivity index (χ1v) is 9.77. The maximum Gasteiger partial charge on any atom is 0.163 e. The monoisotopic (exact) mass is 370 g/mol. The van der Waals surface area contributed by atoms with E-state index in [2.05, 4.69) is 20.9 Å². The molecule has 0 spiro atoms. The predicted octanol–water partition coefficient (Wildman–Crippen LogP) is 3.73. The van der Waals surface area contributed by atoms with E-state index in [0.717, 1.165) is 24.0 Å². The number of likely N-dealkylation sites (N-methyl/N-ethyl adjacent to an activating group) is 1. The molecular formula is C23H32NO3+. The van der Waals surface area contributed by atoms with Gasteiger partial charge in [0.2, 0.25) is 0 Å². The molecule has 0 aliphatic rings. The molecule has 0 radical (unpaired) electrons. The van der Waals surface area contributed by atoms with Crippen molar-refractivity contribution < 1.29 is 19.1 Å². The Kier molecular flexibility index (Phi) is 8.01. The minimum atomic E-state index is -0.512. The molecule has 4 heteroatoms. The fourth-order valence-corrected chi connectivity index (χ4v) is 3.02. The standard InChI is InChI=1S/C23H32NO3/c1-4-24(3,5-2)17-21(25)18-27-22-14-12-20(13-15-22)23(26)16-11-19-9-7-6-8-10-19/h6-10,12-15,21,25H,4-5,11,16-18H2,1-3H3/q+1. The first kappa shape index (κ1) is 21.1. The number of Topliss-reactive ketones (excluding diaryl/α,β-unsaturated/α-hetero) is 1. The fourth-order valence-electron chi connectivity index (χ4n) is 3.02. The summed E-state index contributed by atoms with van der Waals surface area (Å²) in [5, 5.41) is 10.2. The van der Waals surface area contributed by atoms with Crippen LogP contribution >= 0.6 is 0 Å². The number of ketones is 1. The van der Waals surface area contributed by atoms with Gasteiger partial charge in [0.15, 0.2) is 5.78 Å². The minimum Gasteiger partial charge on any atom is -0.491 e. The molecule has 0 heterocycles. The van der Waals surface area contributed by atoms with Gasteiger partial charge >= 0.3 is 0 Å². The number of carbonyl (C=O) groups excluding carboxylic acids is 1. The number of aryl methyl sites for hydroxylation is 1. The van der Waals surface area contributed by atoms with E-state index >= 15 is 0 Å². The van der Waals surface area contributed by atoms with Gasteiger partial charge in [-0.1, -0.05) is 30.3 Å². The smallest absolute Gasteiger partial charge is 0.163 e. The molecule has 0 bridgehead atoms.